The van der Waals surface area contributed by atoms with E-state index in [1.807, 2.05) is 37.5 Å². The number of aromatic nitrogens is 2. The number of aliphatic imine (C=N–C) groups is 1. The summed E-state index contributed by atoms with van der Waals surface area (Å²) in [6.07, 6.45) is 6.04. The number of aryl methyl sites for hydroxylation is 2. The van der Waals surface area contributed by atoms with Crippen LogP contribution in [0.2, 0.25) is 5.02 Å². The molecular formula is C18H27ClIN5. The van der Waals surface area contributed by atoms with E-state index in [1.54, 1.807) is 7.05 Å². The van der Waals surface area contributed by atoms with Crippen molar-refractivity contribution in [1.82, 2.24) is 20.2 Å². The number of imidazole rings is 1. The maximum absolute atomic E-state index is 6.05. The molecule has 0 aliphatic heterocycles. The Bertz CT molecular complexity index is 671. The largest absolute Gasteiger partial charge is 0.356 e. The summed E-state index contributed by atoms with van der Waals surface area (Å²) >= 11 is 6.05. The Morgan fingerprint density at radius 1 is 1.36 bits per heavy atom. The van der Waals surface area contributed by atoms with Crippen molar-refractivity contribution < 1.29 is 0 Å². The lowest BCUT2D eigenvalue weighted by Crippen LogP contribution is -2.39. The first-order chi connectivity index (χ1) is 11.6. The van der Waals surface area contributed by atoms with Crippen LogP contribution in [0.3, 0.4) is 0 Å². The molecule has 1 aromatic heterocycles. The molecule has 0 amide bonds. The lowest BCUT2D eigenvalue weighted by Gasteiger charge is -2.18. The van der Waals surface area contributed by atoms with Crippen molar-refractivity contribution in [2.45, 2.75) is 39.3 Å². The Kier molecular flexibility index (Phi) is 9.89. The van der Waals surface area contributed by atoms with Gasteiger partial charge in [-0.25, -0.2) is 4.98 Å². The third kappa shape index (κ3) is 7.23. The van der Waals surface area contributed by atoms with Crippen LogP contribution in [-0.4, -0.2) is 29.1 Å². The summed E-state index contributed by atoms with van der Waals surface area (Å²) in [4.78, 5) is 8.52. The first kappa shape index (κ1) is 21.8. The normalized spacial score (nSPS) is 12.4. The molecule has 0 saturated heterocycles. The van der Waals surface area contributed by atoms with Gasteiger partial charge in [0.25, 0.3) is 0 Å². The Morgan fingerprint density at radius 2 is 2.16 bits per heavy atom. The van der Waals surface area contributed by atoms with Crippen molar-refractivity contribution in [1.29, 1.82) is 0 Å². The molecule has 1 unspecified atom stereocenters. The molecule has 5 nitrogen and oxygen atoms in total. The van der Waals surface area contributed by atoms with Crippen LogP contribution in [0.4, 0.5) is 0 Å². The molecule has 0 aliphatic rings. The standard InChI is InChI=1S/C18H26ClN5.HI/c1-14(16-7-6-8-17(19)13-16)23-18(20-3)22-9-4-5-11-24-12-10-21-15(24)2;/h6-8,10,12-14H,4-5,9,11H2,1-3H3,(H2,20,22,23);1H. The molecule has 0 saturated carbocycles. The average molecular weight is 476 g/mol. The molecule has 0 aliphatic carbocycles. The van der Waals surface area contributed by atoms with Crippen molar-refractivity contribution >= 4 is 41.5 Å². The van der Waals surface area contributed by atoms with E-state index >= 15 is 0 Å². The number of rotatable bonds is 7. The van der Waals surface area contributed by atoms with Gasteiger partial charge in [-0.05, 0) is 44.4 Å². The van der Waals surface area contributed by atoms with Gasteiger partial charge in [0.05, 0.1) is 6.04 Å². The van der Waals surface area contributed by atoms with Crippen LogP contribution < -0.4 is 10.6 Å². The first-order valence-electron chi connectivity index (χ1n) is 8.30. The molecule has 2 aromatic rings. The Labute approximate surface area is 172 Å². The van der Waals surface area contributed by atoms with Crippen LogP contribution in [0, 0.1) is 6.92 Å². The lowest BCUT2D eigenvalue weighted by molar-refractivity contribution is 0.585. The van der Waals surface area contributed by atoms with Gasteiger partial charge in [-0.2, -0.15) is 0 Å². The van der Waals surface area contributed by atoms with Crippen LogP contribution in [-0.2, 0) is 6.54 Å². The van der Waals surface area contributed by atoms with Crippen molar-refractivity contribution in [2.75, 3.05) is 13.6 Å². The van der Waals surface area contributed by atoms with E-state index in [0.29, 0.717) is 0 Å². The molecule has 7 heteroatoms. The van der Waals surface area contributed by atoms with E-state index in [0.717, 1.165) is 48.3 Å². The van der Waals surface area contributed by atoms with E-state index in [-0.39, 0.29) is 30.0 Å². The second-order valence-electron chi connectivity index (χ2n) is 5.79. The fourth-order valence-corrected chi connectivity index (χ4v) is 2.71. The van der Waals surface area contributed by atoms with Crippen molar-refractivity contribution in [3.63, 3.8) is 0 Å². The number of hydrogen-bond acceptors (Lipinski definition) is 2. The van der Waals surface area contributed by atoms with E-state index in [9.17, 15) is 0 Å². The molecule has 0 bridgehead atoms. The Hall–Kier alpha value is -1.28. The number of guanidine groups is 1. The number of hydrogen-bond donors (Lipinski definition) is 2. The molecule has 0 spiro atoms. The fraction of sp³-hybridized carbons (Fsp3) is 0.444. The highest BCUT2D eigenvalue weighted by molar-refractivity contribution is 14.0. The second kappa shape index (κ2) is 11.4. The first-order valence-corrected chi connectivity index (χ1v) is 8.68. The molecule has 25 heavy (non-hydrogen) atoms. The summed E-state index contributed by atoms with van der Waals surface area (Å²) < 4.78 is 2.17. The highest BCUT2D eigenvalue weighted by atomic mass is 127. The number of benzene rings is 1. The van der Waals surface area contributed by atoms with Crippen molar-refractivity contribution in [2.24, 2.45) is 4.99 Å². The monoisotopic (exact) mass is 475 g/mol. The minimum Gasteiger partial charge on any atom is -0.356 e. The Morgan fingerprint density at radius 3 is 2.80 bits per heavy atom. The van der Waals surface area contributed by atoms with Crippen molar-refractivity contribution in [3.05, 3.63) is 53.1 Å². The lowest BCUT2D eigenvalue weighted by atomic mass is 10.1. The van der Waals surface area contributed by atoms with Gasteiger partial charge in [-0.15, -0.1) is 24.0 Å². The highest BCUT2D eigenvalue weighted by Crippen LogP contribution is 2.17. The van der Waals surface area contributed by atoms with Gasteiger partial charge in [-0.1, -0.05) is 23.7 Å². The molecule has 1 aromatic carbocycles. The summed E-state index contributed by atoms with van der Waals surface area (Å²) in [5.41, 5.74) is 1.14. The summed E-state index contributed by atoms with van der Waals surface area (Å²) in [6.45, 7) is 6.01. The number of halogens is 2. The molecular weight excluding hydrogens is 449 g/mol. The zero-order valence-corrected chi connectivity index (χ0v) is 18.1. The zero-order chi connectivity index (χ0) is 17.4. The van der Waals surface area contributed by atoms with Gasteiger partial charge in [-0.3, -0.25) is 4.99 Å². The third-order valence-corrected chi connectivity index (χ3v) is 4.20. The van der Waals surface area contributed by atoms with Crippen LogP contribution in [0.15, 0.2) is 41.7 Å². The van der Waals surface area contributed by atoms with E-state index in [2.05, 4.69) is 38.2 Å². The summed E-state index contributed by atoms with van der Waals surface area (Å²) in [5.74, 6) is 1.87. The zero-order valence-electron chi connectivity index (χ0n) is 15.0. The minimum atomic E-state index is 0. The van der Waals surface area contributed by atoms with E-state index < -0.39 is 0 Å². The van der Waals surface area contributed by atoms with Crippen LogP contribution >= 0.6 is 35.6 Å². The molecule has 1 atom stereocenters. The van der Waals surface area contributed by atoms with Gasteiger partial charge >= 0.3 is 0 Å². The predicted molar refractivity (Wildman–Crippen MR) is 116 cm³/mol. The molecule has 0 fully saturated rings. The summed E-state index contributed by atoms with van der Waals surface area (Å²) in [6, 6.07) is 8.02. The molecule has 2 rings (SSSR count). The SMILES string of the molecule is CN=C(NCCCCn1ccnc1C)NC(C)c1cccc(Cl)c1.I. The van der Waals surface area contributed by atoms with Crippen LogP contribution in [0.5, 0.6) is 0 Å². The summed E-state index contributed by atoms with van der Waals surface area (Å²) in [7, 11) is 1.79. The van der Waals surface area contributed by atoms with Crippen molar-refractivity contribution in [3.8, 4) is 0 Å². The number of nitrogens with zero attached hydrogens (tertiary/aromatic N) is 3. The number of unbranched alkanes of at least 4 members (excludes halogenated alkanes) is 1. The second-order valence-corrected chi connectivity index (χ2v) is 6.23. The van der Waals surface area contributed by atoms with Gasteiger partial charge in [0, 0.05) is 37.6 Å². The van der Waals surface area contributed by atoms with Gasteiger partial charge in [0.2, 0.25) is 0 Å². The van der Waals surface area contributed by atoms with Crippen LogP contribution in [0.25, 0.3) is 0 Å². The van der Waals surface area contributed by atoms with Gasteiger partial charge < -0.3 is 15.2 Å². The van der Waals surface area contributed by atoms with Gasteiger partial charge in [0.1, 0.15) is 5.82 Å². The minimum absolute atomic E-state index is 0. The average Bonchev–Trinajstić information content (AvgIpc) is 2.98. The van der Waals surface area contributed by atoms with Crippen LogP contribution in [0.1, 0.15) is 37.2 Å². The third-order valence-electron chi connectivity index (χ3n) is 3.97. The highest BCUT2D eigenvalue weighted by Gasteiger charge is 2.07. The maximum Gasteiger partial charge on any atom is 0.191 e. The topological polar surface area (TPSA) is 54.2 Å². The molecule has 0 radical (unpaired) electrons. The number of nitrogens with one attached hydrogen (secondary N) is 2. The van der Waals surface area contributed by atoms with E-state index in [1.165, 1.54) is 0 Å². The predicted octanol–water partition coefficient (Wildman–Crippen LogP) is 4.17. The maximum atomic E-state index is 6.05. The van der Waals surface area contributed by atoms with Gasteiger partial charge in [0.15, 0.2) is 5.96 Å². The Balaban J connectivity index is 0.00000312. The fourth-order valence-electron chi connectivity index (χ4n) is 2.51. The molecule has 138 valence electrons. The molecule has 1 heterocycles. The van der Waals surface area contributed by atoms with E-state index in [4.69, 9.17) is 11.6 Å². The smallest absolute Gasteiger partial charge is 0.191 e. The molecule has 2 N–H and O–H groups in total. The summed E-state index contributed by atoms with van der Waals surface area (Å²) in [5, 5.41) is 7.50. The quantitative estimate of drug-likeness (QED) is 0.273.